The molecule has 1 amide bonds. The molecule has 0 radical (unpaired) electrons. The van der Waals surface area contributed by atoms with Crippen molar-refractivity contribution in [2.45, 2.75) is 19.0 Å². The topological polar surface area (TPSA) is 96.2 Å². The average Bonchev–Trinajstić information content (AvgIpc) is 2.97. The number of hydrazine groups is 1. The summed E-state index contributed by atoms with van der Waals surface area (Å²) >= 11 is 0. The fraction of sp³-hybridized carbons (Fsp3) is 0.545. The summed E-state index contributed by atoms with van der Waals surface area (Å²) in [6.07, 6.45) is -2.73. The minimum Gasteiger partial charge on any atom is -0.361 e. The Morgan fingerprint density at radius 3 is 2.57 bits per heavy atom. The van der Waals surface area contributed by atoms with Crippen LogP contribution >= 0.6 is 0 Å². The van der Waals surface area contributed by atoms with Crippen LogP contribution in [0.1, 0.15) is 18.5 Å². The number of carbonyl (C=O) groups is 1. The Labute approximate surface area is 118 Å². The van der Waals surface area contributed by atoms with Gasteiger partial charge in [0.05, 0.1) is 6.54 Å². The molecule has 1 aromatic rings. The molecule has 2 heterocycles. The maximum Gasteiger partial charge on any atom is 0.433 e. The molecule has 4 N–H and O–H groups in total. The van der Waals surface area contributed by atoms with E-state index in [0.717, 1.165) is 18.9 Å². The van der Waals surface area contributed by atoms with Crippen LogP contribution in [0.15, 0.2) is 6.07 Å². The lowest BCUT2D eigenvalue weighted by Crippen LogP contribution is -2.33. The van der Waals surface area contributed by atoms with Crippen molar-refractivity contribution < 1.29 is 18.0 Å². The summed E-state index contributed by atoms with van der Waals surface area (Å²) in [7, 11) is 0. The molecule has 0 spiro atoms. The first-order valence-electron chi connectivity index (χ1n) is 6.34. The number of nitrogens with one attached hydrogen (secondary N) is 2. The number of hydrogen-bond donors (Lipinski definition) is 3. The SMILES string of the molecule is NNc1nc(NCC(=O)N2CCCC2)cc(C(F)(F)F)n1. The molecule has 0 aliphatic carbocycles. The Bertz CT molecular complexity index is 515. The van der Waals surface area contributed by atoms with E-state index in [-0.39, 0.29) is 24.2 Å². The van der Waals surface area contributed by atoms with Crippen molar-refractivity contribution >= 4 is 17.7 Å². The van der Waals surface area contributed by atoms with Crippen molar-refractivity contribution in [2.24, 2.45) is 5.84 Å². The summed E-state index contributed by atoms with van der Waals surface area (Å²) in [5.41, 5.74) is 0.828. The number of carbonyl (C=O) groups excluding carboxylic acids is 1. The molecular weight excluding hydrogens is 289 g/mol. The highest BCUT2D eigenvalue weighted by atomic mass is 19.4. The van der Waals surface area contributed by atoms with E-state index in [4.69, 9.17) is 5.84 Å². The van der Waals surface area contributed by atoms with Gasteiger partial charge < -0.3 is 10.2 Å². The maximum absolute atomic E-state index is 12.7. The Balaban J connectivity index is 2.06. The van der Waals surface area contributed by atoms with E-state index in [9.17, 15) is 18.0 Å². The highest BCUT2D eigenvalue weighted by Crippen LogP contribution is 2.29. The quantitative estimate of drug-likeness (QED) is 0.563. The molecule has 2 rings (SSSR count). The molecule has 0 atom stereocenters. The Morgan fingerprint density at radius 1 is 1.33 bits per heavy atom. The fourth-order valence-electron chi connectivity index (χ4n) is 1.99. The summed E-state index contributed by atoms with van der Waals surface area (Å²) in [5.74, 6) is 4.38. The van der Waals surface area contributed by atoms with E-state index >= 15 is 0 Å². The number of hydrogen-bond acceptors (Lipinski definition) is 6. The van der Waals surface area contributed by atoms with Gasteiger partial charge in [0.25, 0.3) is 0 Å². The molecule has 0 saturated carbocycles. The molecule has 0 unspecified atom stereocenters. The minimum atomic E-state index is -4.62. The van der Waals surface area contributed by atoms with Crippen molar-refractivity contribution in [3.05, 3.63) is 11.8 Å². The third-order valence-electron chi connectivity index (χ3n) is 3.03. The fourth-order valence-corrected chi connectivity index (χ4v) is 1.99. The second-order valence-electron chi connectivity index (χ2n) is 4.55. The van der Waals surface area contributed by atoms with Gasteiger partial charge in [0.2, 0.25) is 11.9 Å². The number of alkyl halides is 3. The van der Waals surface area contributed by atoms with Crippen molar-refractivity contribution in [1.82, 2.24) is 14.9 Å². The summed E-state index contributed by atoms with van der Waals surface area (Å²) in [6, 6.07) is 0.734. The second-order valence-corrected chi connectivity index (χ2v) is 4.55. The first kappa shape index (κ1) is 15.3. The third kappa shape index (κ3) is 3.94. The van der Waals surface area contributed by atoms with Gasteiger partial charge >= 0.3 is 6.18 Å². The smallest absolute Gasteiger partial charge is 0.361 e. The van der Waals surface area contributed by atoms with Crippen LogP contribution in [-0.4, -0.2) is 40.4 Å². The predicted molar refractivity (Wildman–Crippen MR) is 69.1 cm³/mol. The molecule has 1 fully saturated rings. The van der Waals surface area contributed by atoms with Crippen LogP contribution in [0, 0.1) is 0 Å². The second kappa shape index (κ2) is 6.12. The minimum absolute atomic E-state index is 0.113. The zero-order valence-electron chi connectivity index (χ0n) is 11.1. The molecule has 21 heavy (non-hydrogen) atoms. The lowest BCUT2D eigenvalue weighted by Gasteiger charge is -2.16. The number of likely N-dealkylation sites (tertiary alicyclic amines) is 1. The molecule has 1 aromatic heterocycles. The molecular formula is C11H15F3N6O. The van der Waals surface area contributed by atoms with E-state index in [1.807, 2.05) is 5.43 Å². The highest BCUT2D eigenvalue weighted by Gasteiger charge is 2.33. The van der Waals surface area contributed by atoms with Crippen LogP contribution in [0.4, 0.5) is 24.9 Å². The largest absolute Gasteiger partial charge is 0.433 e. The van der Waals surface area contributed by atoms with Gasteiger partial charge in [-0.2, -0.15) is 18.2 Å². The van der Waals surface area contributed by atoms with Crippen LogP contribution in [0.3, 0.4) is 0 Å². The molecule has 116 valence electrons. The number of nitrogens with two attached hydrogens (primary N) is 1. The maximum atomic E-state index is 12.7. The average molecular weight is 304 g/mol. The summed E-state index contributed by atoms with van der Waals surface area (Å²) in [5, 5.41) is 2.57. The molecule has 7 nitrogen and oxygen atoms in total. The summed E-state index contributed by atoms with van der Waals surface area (Å²) in [6.45, 7) is 1.22. The first-order chi connectivity index (χ1) is 9.90. The molecule has 0 bridgehead atoms. The lowest BCUT2D eigenvalue weighted by molar-refractivity contribution is -0.141. The number of nitrogens with zero attached hydrogens (tertiary/aromatic N) is 3. The summed E-state index contributed by atoms with van der Waals surface area (Å²) < 4.78 is 38.0. The van der Waals surface area contributed by atoms with Crippen LogP contribution < -0.4 is 16.6 Å². The van der Waals surface area contributed by atoms with Gasteiger partial charge in [-0.15, -0.1) is 0 Å². The van der Waals surface area contributed by atoms with Gasteiger partial charge in [-0.25, -0.2) is 10.8 Å². The number of aromatic nitrogens is 2. The molecule has 10 heteroatoms. The van der Waals surface area contributed by atoms with Crippen molar-refractivity contribution in [2.75, 3.05) is 30.4 Å². The van der Waals surface area contributed by atoms with Gasteiger partial charge in [-0.05, 0) is 12.8 Å². The van der Waals surface area contributed by atoms with Gasteiger partial charge in [0.15, 0.2) is 5.69 Å². The standard InChI is InChI=1S/C11H15F3N6O/c12-11(13,14)7-5-8(18-10(17-7)19-15)16-6-9(21)20-3-1-2-4-20/h5H,1-4,6,15H2,(H2,16,17,18,19). The number of anilines is 2. The van der Waals surface area contributed by atoms with E-state index in [1.165, 1.54) is 0 Å². The van der Waals surface area contributed by atoms with E-state index < -0.39 is 11.9 Å². The third-order valence-corrected chi connectivity index (χ3v) is 3.03. The van der Waals surface area contributed by atoms with Gasteiger partial charge in [-0.3, -0.25) is 10.2 Å². The summed E-state index contributed by atoms with van der Waals surface area (Å²) in [4.78, 5) is 20.4. The van der Waals surface area contributed by atoms with Crippen LogP contribution in [0.2, 0.25) is 0 Å². The highest BCUT2D eigenvalue weighted by molar-refractivity contribution is 5.80. The molecule has 0 aromatic carbocycles. The van der Waals surface area contributed by atoms with Gasteiger partial charge in [0.1, 0.15) is 5.82 Å². The van der Waals surface area contributed by atoms with Crippen molar-refractivity contribution in [3.63, 3.8) is 0 Å². The van der Waals surface area contributed by atoms with E-state index in [1.54, 1.807) is 4.90 Å². The van der Waals surface area contributed by atoms with E-state index in [2.05, 4.69) is 15.3 Å². The Hall–Kier alpha value is -2.10. The molecule has 1 saturated heterocycles. The van der Waals surface area contributed by atoms with Crippen molar-refractivity contribution in [3.8, 4) is 0 Å². The monoisotopic (exact) mass is 304 g/mol. The molecule has 1 aliphatic rings. The zero-order valence-corrected chi connectivity index (χ0v) is 11.1. The lowest BCUT2D eigenvalue weighted by atomic mass is 10.3. The van der Waals surface area contributed by atoms with Gasteiger partial charge in [-0.1, -0.05) is 0 Å². The number of halogens is 3. The number of nitrogen functional groups attached to an aromatic ring is 1. The van der Waals surface area contributed by atoms with Gasteiger partial charge in [0, 0.05) is 19.2 Å². The predicted octanol–water partition coefficient (Wildman–Crippen LogP) is 0.815. The number of amides is 1. The van der Waals surface area contributed by atoms with Crippen LogP contribution in [-0.2, 0) is 11.0 Å². The van der Waals surface area contributed by atoms with Crippen LogP contribution in [0.5, 0.6) is 0 Å². The molecule has 1 aliphatic heterocycles. The normalized spacial score (nSPS) is 15.1. The van der Waals surface area contributed by atoms with Crippen LogP contribution in [0.25, 0.3) is 0 Å². The Kier molecular flexibility index (Phi) is 4.46. The zero-order chi connectivity index (χ0) is 15.5. The first-order valence-corrected chi connectivity index (χ1v) is 6.34. The van der Waals surface area contributed by atoms with Crippen molar-refractivity contribution in [1.29, 1.82) is 0 Å². The van der Waals surface area contributed by atoms with E-state index in [0.29, 0.717) is 13.1 Å². The Morgan fingerprint density at radius 2 is 2.00 bits per heavy atom. The number of rotatable bonds is 4.